The van der Waals surface area contributed by atoms with Gasteiger partial charge >= 0.3 is 0 Å². The van der Waals surface area contributed by atoms with Crippen LogP contribution in [0.1, 0.15) is 60.3 Å². The Morgan fingerprint density at radius 2 is 1.67 bits per heavy atom. The first-order chi connectivity index (χ1) is 11.9. The van der Waals surface area contributed by atoms with Gasteiger partial charge in [-0.3, -0.25) is 0 Å². The summed E-state index contributed by atoms with van der Waals surface area (Å²) in [5.74, 6) is 0.669. The highest BCUT2D eigenvalue weighted by atomic mass is 16.6. The number of hydrogen-bond donors (Lipinski definition) is 0. The van der Waals surface area contributed by atoms with E-state index in [1.165, 1.54) is 43.2 Å². The fraction of sp³-hybridized carbons (Fsp3) is 0.318. The van der Waals surface area contributed by atoms with E-state index >= 15 is 0 Å². The quantitative estimate of drug-likeness (QED) is 0.478. The molecule has 24 heavy (non-hydrogen) atoms. The molecule has 2 nitrogen and oxygen atoms in total. The molecule has 3 rings (SSSR count). The first-order valence-corrected chi connectivity index (χ1v) is 8.83. The van der Waals surface area contributed by atoms with Crippen molar-refractivity contribution in [2.24, 2.45) is 5.16 Å². The van der Waals surface area contributed by atoms with E-state index in [0.717, 1.165) is 11.1 Å². The summed E-state index contributed by atoms with van der Waals surface area (Å²) in [5, 5.41) is 4.21. The number of oxime groups is 1. The van der Waals surface area contributed by atoms with E-state index in [1.807, 2.05) is 36.6 Å². The molecule has 0 heterocycles. The second-order valence-electron chi connectivity index (χ2n) is 6.37. The molecule has 0 radical (unpaired) electrons. The van der Waals surface area contributed by atoms with Crippen LogP contribution in [0.2, 0.25) is 0 Å². The zero-order chi connectivity index (χ0) is 16.6. The SMILES string of the molecule is C=Cc1ccccc1CON=Cc1ccccc1C1CCCCC1. The molecular weight excluding hydrogens is 294 g/mol. The Kier molecular flexibility index (Phi) is 5.84. The topological polar surface area (TPSA) is 21.6 Å². The first-order valence-electron chi connectivity index (χ1n) is 8.83. The van der Waals surface area contributed by atoms with Gasteiger partial charge in [-0.25, -0.2) is 0 Å². The predicted octanol–water partition coefficient (Wildman–Crippen LogP) is 5.93. The molecular formula is C22H25NO. The smallest absolute Gasteiger partial charge is 0.142 e. The van der Waals surface area contributed by atoms with Crippen LogP contribution in [0.4, 0.5) is 0 Å². The summed E-state index contributed by atoms with van der Waals surface area (Å²) in [6.45, 7) is 4.30. The van der Waals surface area contributed by atoms with E-state index in [2.05, 4.69) is 36.0 Å². The lowest BCUT2D eigenvalue weighted by molar-refractivity contribution is 0.132. The van der Waals surface area contributed by atoms with Crippen LogP contribution in [0.3, 0.4) is 0 Å². The molecule has 0 bridgehead atoms. The van der Waals surface area contributed by atoms with Crippen LogP contribution < -0.4 is 0 Å². The fourth-order valence-corrected chi connectivity index (χ4v) is 3.48. The van der Waals surface area contributed by atoms with Gasteiger partial charge in [0.05, 0.1) is 6.21 Å². The molecule has 2 aromatic carbocycles. The summed E-state index contributed by atoms with van der Waals surface area (Å²) in [6.07, 6.45) is 10.3. The normalized spacial score (nSPS) is 15.5. The average molecular weight is 319 g/mol. The summed E-state index contributed by atoms with van der Waals surface area (Å²) in [4.78, 5) is 5.53. The van der Waals surface area contributed by atoms with E-state index in [-0.39, 0.29) is 0 Å². The zero-order valence-corrected chi connectivity index (χ0v) is 14.2. The van der Waals surface area contributed by atoms with E-state index in [4.69, 9.17) is 4.84 Å². The number of hydrogen-bond acceptors (Lipinski definition) is 2. The minimum Gasteiger partial charge on any atom is -0.391 e. The van der Waals surface area contributed by atoms with Crippen LogP contribution in [-0.2, 0) is 11.4 Å². The maximum absolute atomic E-state index is 5.53. The Labute approximate surface area is 144 Å². The molecule has 0 amide bonds. The van der Waals surface area contributed by atoms with Crippen molar-refractivity contribution in [2.45, 2.75) is 44.6 Å². The number of benzene rings is 2. The van der Waals surface area contributed by atoms with Gasteiger partial charge in [0.25, 0.3) is 0 Å². The van der Waals surface area contributed by atoms with E-state index < -0.39 is 0 Å². The Bertz CT molecular complexity index is 699. The van der Waals surface area contributed by atoms with Crippen molar-refractivity contribution in [3.05, 3.63) is 77.4 Å². The van der Waals surface area contributed by atoms with Gasteiger partial charge in [0.2, 0.25) is 0 Å². The van der Waals surface area contributed by atoms with Gasteiger partial charge in [-0.1, -0.05) is 85.6 Å². The summed E-state index contributed by atoms with van der Waals surface area (Å²) < 4.78 is 0. The molecule has 0 aliphatic heterocycles. The number of nitrogens with zero attached hydrogens (tertiary/aromatic N) is 1. The second kappa shape index (κ2) is 8.49. The van der Waals surface area contributed by atoms with Crippen molar-refractivity contribution in [1.29, 1.82) is 0 Å². The van der Waals surface area contributed by atoms with Gasteiger partial charge < -0.3 is 4.84 Å². The standard InChI is InChI=1S/C22H25NO/c1-2-18-10-6-7-14-21(18)17-24-23-16-20-13-8-9-15-22(20)19-11-4-3-5-12-19/h2,6-10,13-16,19H,1,3-5,11-12,17H2. The van der Waals surface area contributed by atoms with Crippen molar-refractivity contribution >= 4 is 12.3 Å². The van der Waals surface area contributed by atoms with Crippen LogP contribution >= 0.6 is 0 Å². The monoisotopic (exact) mass is 319 g/mol. The molecule has 1 saturated carbocycles. The molecule has 0 atom stereocenters. The summed E-state index contributed by atoms with van der Waals surface area (Å²) >= 11 is 0. The minimum atomic E-state index is 0.463. The van der Waals surface area contributed by atoms with Crippen molar-refractivity contribution in [1.82, 2.24) is 0 Å². The molecule has 0 saturated heterocycles. The summed E-state index contributed by atoms with van der Waals surface area (Å²) in [6, 6.07) is 16.7. The molecule has 0 N–H and O–H groups in total. The largest absolute Gasteiger partial charge is 0.391 e. The predicted molar refractivity (Wildman–Crippen MR) is 101 cm³/mol. The van der Waals surface area contributed by atoms with Crippen LogP contribution in [0.15, 0.2) is 60.3 Å². The van der Waals surface area contributed by atoms with Crippen molar-refractivity contribution in [3.63, 3.8) is 0 Å². The second-order valence-corrected chi connectivity index (χ2v) is 6.37. The third-order valence-corrected chi connectivity index (χ3v) is 4.80. The lowest BCUT2D eigenvalue weighted by atomic mass is 9.82. The summed E-state index contributed by atoms with van der Waals surface area (Å²) in [7, 11) is 0. The van der Waals surface area contributed by atoms with Crippen LogP contribution in [0, 0.1) is 0 Å². The van der Waals surface area contributed by atoms with Crippen LogP contribution in [0.5, 0.6) is 0 Å². The van der Waals surface area contributed by atoms with Crippen molar-refractivity contribution < 1.29 is 4.84 Å². The number of rotatable bonds is 6. The van der Waals surface area contributed by atoms with Gasteiger partial charge in [-0.15, -0.1) is 0 Å². The Hall–Kier alpha value is -2.35. The van der Waals surface area contributed by atoms with Crippen molar-refractivity contribution in [3.8, 4) is 0 Å². The average Bonchev–Trinajstić information content (AvgIpc) is 2.66. The first kappa shape index (κ1) is 16.5. The summed E-state index contributed by atoms with van der Waals surface area (Å²) in [5.41, 5.74) is 4.79. The highest BCUT2D eigenvalue weighted by molar-refractivity contribution is 5.81. The van der Waals surface area contributed by atoms with Gasteiger partial charge in [-0.05, 0) is 41.0 Å². The highest BCUT2D eigenvalue weighted by Crippen LogP contribution is 2.33. The lowest BCUT2D eigenvalue weighted by Gasteiger charge is -2.23. The van der Waals surface area contributed by atoms with E-state index in [0.29, 0.717) is 12.5 Å². The Morgan fingerprint density at radius 1 is 0.958 bits per heavy atom. The molecule has 0 unspecified atom stereocenters. The molecule has 1 fully saturated rings. The lowest BCUT2D eigenvalue weighted by Crippen LogP contribution is -2.07. The molecule has 2 aromatic rings. The van der Waals surface area contributed by atoms with Crippen LogP contribution in [0.25, 0.3) is 6.08 Å². The Balaban J connectivity index is 1.65. The van der Waals surface area contributed by atoms with Gasteiger partial charge in [0.15, 0.2) is 0 Å². The molecule has 2 heteroatoms. The van der Waals surface area contributed by atoms with Gasteiger partial charge in [0.1, 0.15) is 6.61 Å². The molecule has 1 aliphatic carbocycles. The molecule has 124 valence electrons. The third kappa shape index (κ3) is 4.14. The van der Waals surface area contributed by atoms with Gasteiger partial charge in [-0.2, -0.15) is 0 Å². The molecule has 1 aliphatic rings. The van der Waals surface area contributed by atoms with Gasteiger partial charge in [0, 0.05) is 0 Å². The maximum Gasteiger partial charge on any atom is 0.142 e. The highest BCUT2D eigenvalue weighted by Gasteiger charge is 2.17. The van der Waals surface area contributed by atoms with E-state index in [9.17, 15) is 0 Å². The molecule has 0 spiro atoms. The zero-order valence-electron chi connectivity index (χ0n) is 14.2. The molecule has 0 aromatic heterocycles. The minimum absolute atomic E-state index is 0.463. The van der Waals surface area contributed by atoms with E-state index in [1.54, 1.807) is 0 Å². The third-order valence-electron chi connectivity index (χ3n) is 4.80. The Morgan fingerprint density at radius 3 is 2.46 bits per heavy atom. The fourth-order valence-electron chi connectivity index (χ4n) is 3.48. The van der Waals surface area contributed by atoms with Crippen LogP contribution in [-0.4, -0.2) is 6.21 Å². The maximum atomic E-state index is 5.53. The van der Waals surface area contributed by atoms with Crippen molar-refractivity contribution in [2.75, 3.05) is 0 Å².